The Morgan fingerprint density at radius 2 is 2.00 bits per heavy atom. The third-order valence-corrected chi connectivity index (χ3v) is 6.26. The summed E-state index contributed by atoms with van der Waals surface area (Å²) >= 11 is 6.02. The summed E-state index contributed by atoms with van der Waals surface area (Å²) in [7, 11) is -1.77. The van der Waals surface area contributed by atoms with Gasteiger partial charge in [0.15, 0.2) is 0 Å². The zero-order valence-corrected chi connectivity index (χ0v) is 13.4. The number of hydrogen-bond donors (Lipinski definition) is 0. The van der Waals surface area contributed by atoms with Crippen molar-refractivity contribution in [3.8, 4) is 0 Å². The molecule has 4 nitrogen and oxygen atoms in total. The molecule has 0 saturated carbocycles. The summed E-state index contributed by atoms with van der Waals surface area (Å²) in [4.78, 5) is 0.315. The Hall–Kier alpha value is -0.620. The minimum atomic E-state index is -3.45. The van der Waals surface area contributed by atoms with Crippen LogP contribution < -0.4 is 0 Å². The number of rotatable bonds is 4. The van der Waals surface area contributed by atoms with Crippen LogP contribution in [-0.2, 0) is 14.8 Å². The molecule has 0 unspecified atom stereocenters. The van der Waals surface area contributed by atoms with Crippen LogP contribution in [0.1, 0.15) is 18.4 Å². The van der Waals surface area contributed by atoms with Crippen molar-refractivity contribution in [2.24, 2.45) is 5.92 Å². The lowest BCUT2D eigenvalue weighted by molar-refractivity contribution is 0.121. The van der Waals surface area contributed by atoms with Crippen LogP contribution in [0.25, 0.3) is 0 Å². The number of ether oxygens (including phenoxy) is 1. The van der Waals surface area contributed by atoms with Crippen LogP contribution in [0.15, 0.2) is 23.1 Å². The molecule has 1 aliphatic rings. The van der Waals surface area contributed by atoms with Crippen molar-refractivity contribution in [2.45, 2.75) is 24.7 Å². The van der Waals surface area contributed by atoms with Crippen LogP contribution in [0, 0.1) is 12.8 Å². The zero-order valence-electron chi connectivity index (χ0n) is 11.8. The molecule has 0 N–H and O–H groups in total. The summed E-state index contributed by atoms with van der Waals surface area (Å²) in [6.07, 6.45) is 1.68. The molecule has 0 aromatic heterocycles. The highest BCUT2D eigenvalue weighted by atomic mass is 35.5. The summed E-state index contributed by atoms with van der Waals surface area (Å²) < 4.78 is 32.0. The van der Waals surface area contributed by atoms with Crippen LogP contribution in [0.4, 0.5) is 0 Å². The molecule has 2 rings (SSSR count). The van der Waals surface area contributed by atoms with Gasteiger partial charge in [-0.25, -0.2) is 8.42 Å². The highest BCUT2D eigenvalue weighted by molar-refractivity contribution is 7.89. The Bertz CT molecular complexity index is 566. The van der Waals surface area contributed by atoms with Crippen molar-refractivity contribution in [3.05, 3.63) is 28.8 Å². The van der Waals surface area contributed by atoms with Gasteiger partial charge < -0.3 is 4.74 Å². The number of sulfonamides is 1. The normalized spacial score (nSPS) is 18.4. The fraction of sp³-hybridized carbons (Fsp3) is 0.571. The Morgan fingerprint density at radius 1 is 1.35 bits per heavy atom. The predicted octanol–water partition coefficient (Wildman–Crippen LogP) is 2.70. The molecule has 0 radical (unpaired) electrons. The van der Waals surface area contributed by atoms with E-state index in [0.29, 0.717) is 41.1 Å². The second kappa shape index (κ2) is 6.43. The molecule has 0 spiro atoms. The fourth-order valence-electron chi connectivity index (χ4n) is 2.56. The lowest BCUT2D eigenvalue weighted by atomic mass is 9.99. The van der Waals surface area contributed by atoms with E-state index < -0.39 is 10.0 Å². The minimum Gasteiger partial charge on any atom is -0.384 e. The molecule has 1 aromatic carbocycles. The van der Waals surface area contributed by atoms with Crippen molar-refractivity contribution in [1.29, 1.82) is 0 Å². The molecule has 1 heterocycles. The molecule has 1 aromatic rings. The van der Waals surface area contributed by atoms with Gasteiger partial charge in [0.25, 0.3) is 0 Å². The maximum absolute atomic E-state index is 12.7. The van der Waals surface area contributed by atoms with Crippen LogP contribution in [-0.4, -0.2) is 39.5 Å². The zero-order chi connectivity index (χ0) is 14.8. The molecule has 0 atom stereocenters. The number of hydrogen-bond acceptors (Lipinski definition) is 3. The Morgan fingerprint density at radius 3 is 2.60 bits per heavy atom. The monoisotopic (exact) mass is 317 g/mol. The number of methoxy groups -OCH3 is 1. The molecule has 0 bridgehead atoms. The van der Waals surface area contributed by atoms with E-state index in [-0.39, 0.29) is 0 Å². The molecule has 1 saturated heterocycles. The van der Waals surface area contributed by atoms with Gasteiger partial charge in [0.05, 0.1) is 4.90 Å². The number of piperidine rings is 1. The van der Waals surface area contributed by atoms with Crippen molar-refractivity contribution >= 4 is 21.6 Å². The van der Waals surface area contributed by atoms with Crippen LogP contribution in [0.2, 0.25) is 5.02 Å². The molecule has 6 heteroatoms. The first-order valence-corrected chi connectivity index (χ1v) is 8.53. The molecule has 1 fully saturated rings. The Balaban J connectivity index is 2.18. The third-order valence-electron chi connectivity index (χ3n) is 3.81. The largest absolute Gasteiger partial charge is 0.384 e. The maximum Gasteiger partial charge on any atom is 0.243 e. The van der Waals surface area contributed by atoms with Gasteiger partial charge in [-0.05, 0) is 43.4 Å². The van der Waals surface area contributed by atoms with Crippen molar-refractivity contribution in [1.82, 2.24) is 4.31 Å². The third kappa shape index (κ3) is 3.17. The second-order valence-electron chi connectivity index (χ2n) is 5.17. The Kier molecular flexibility index (Phi) is 5.07. The van der Waals surface area contributed by atoms with Crippen LogP contribution >= 0.6 is 11.6 Å². The Labute approximate surface area is 125 Å². The first-order chi connectivity index (χ1) is 9.46. The van der Waals surface area contributed by atoms with E-state index in [2.05, 4.69) is 0 Å². The topological polar surface area (TPSA) is 46.6 Å². The lowest BCUT2D eigenvalue weighted by Crippen LogP contribution is -2.39. The highest BCUT2D eigenvalue weighted by Crippen LogP contribution is 2.28. The standard InChI is InChI=1S/C14H20ClNO3S/c1-11-13(15)4-3-5-14(11)20(17,18)16-8-6-12(7-9-16)10-19-2/h3-5,12H,6-10H2,1-2H3. The van der Waals surface area contributed by atoms with E-state index in [4.69, 9.17) is 16.3 Å². The van der Waals surface area contributed by atoms with Crippen LogP contribution in [0.5, 0.6) is 0 Å². The van der Waals surface area contributed by atoms with Gasteiger partial charge in [0, 0.05) is 31.8 Å². The quantitative estimate of drug-likeness (QED) is 0.857. The van der Waals surface area contributed by atoms with Gasteiger partial charge in [0.2, 0.25) is 10.0 Å². The van der Waals surface area contributed by atoms with Gasteiger partial charge in [-0.15, -0.1) is 0 Å². The van der Waals surface area contributed by atoms with Gasteiger partial charge in [-0.3, -0.25) is 0 Å². The number of nitrogens with zero attached hydrogens (tertiary/aromatic N) is 1. The molecule has 20 heavy (non-hydrogen) atoms. The molecule has 112 valence electrons. The first kappa shape index (κ1) is 15.8. The second-order valence-corrected chi connectivity index (χ2v) is 7.48. The van der Waals surface area contributed by atoms with E-state index in [0.717, 1.165) is 12.8 Å². The molecular formula is C14H20ClNO3S. The number of benzene rings is 1. The van der Waals surface area contributed by atoms with E-state index in [1.54, 1.807) is 36.5 Å². The molecule has 1 aliphatic heterocycles. The van der Waals surface area contributed by atoms with Gasteiger partial charge in [-0.1, -0.05) is 17.7 Å². The smallest absolute Gasteiger partial charge is 0.243 e. The van der Waals surface area contributed by atoms with Crippen molar-refractivity contribution < 1.29 is 13.2 Å². The summed E-state index contributed by atoms with van der Waals surface area (Å²) in [5.74, 6) is 0.451. The molecule has 0 aliphatic carbocycles. The van der Waals surface area contributed by atoms with E-state index in [1.807, 2.05) is 0 Å². The van der Waals surface area contributed by atoms with E-state index >= 15 is 0 Å². The maximum atomic E-state index is 12.7. The van der Waals surface area contributed by atoms with Crippen molar-refractivity contribution in [2.75, 3.05) is 26.8 Å². The average molecular weight is 318 g/mol. The van der Waals surface area contributed by atoms with E-state index in [9.17, 15) is 8.42 Å². The predicted molar refractivity (Wildman–Crippen MR) is 79.5 cm³/mol. The summed E-state index contributed by atoms with van der Waals surface area (Å²) in [6.45, 7) is 3.53. The highest BCUT2D eigenvalue weighted by Gasteiger charge is 2.30. The summed E-state index contributed by atoms with van der Waals surface area (Å²) in [5, 5.41) is 0.486. The lowest BCUT2D eigenvalue weighted by Gasteiger charge is -2.31. The average Bonchev–Trinajstić information content (AvgIpc) is 2.42. The van der Waals surface area contributed by atoms with Gasteiger partial charge >= 0.3 is 0 Å². The SMILES string of the molecule is COCC1CCN(S(=O)(=O)c2cccc(Cl)c2C)CC1. The molecular weight excluding hydrogens is 298 g/mol. The first-order valence-electron chi connectivity index (χ1n) is 6.71. The molecule has 0 amide bonds. The van der Waals surface area contributed by atoms with Gasteiger partial charge in [-0.2, -0.15) is 4.31 Å². The van der Waals surface area contributed by atoms with Crippen LogP contribution in [0.3, 0.4) is 0 Å². The van der Waals surface area contributed by atoms with E-state index in [1.165, 1.54) is 0 Å². The summed E-state index contributed by atoms with van der Waals surface area (Å²) in [5.41, 5.74) is 0.619. The van der Waals surface area contributed by atoms with Gasteiger partial charge in [0.1, 0.15) is 0 Å². The van der Waals surface area contributed by atoms with Crippen molar-refractivity contribution in [3.63, 3.8) is 0 Å². The fourth-order valence-corrected chi connectivity index (χ4v) is 4.51. The minimum absolute atomic E-state index is 0.315. The summed E-state index contributed by atoms with van der Waals surface area (Å²) in [6, 6.07) is 5.01. The number of halogens is 1.